The van der Waals surface area contributed by atoms with Crippen molar-refractivity contribution in [2.24, 2.45) is 0 Å². The van der Waals surface area contributed by atoms with Gasteiger partial charge in [-0.15, -0.1) is 0 Å². The molecule has 0 aliphatic carbocycles. The summed E-state index contributed by atoms with van der Waals surface area (Å²) in [5.41, 5.74) is 3.24. The molecular formula is C20H25BrFN3. The summed E-state index contributed by atoms with van der Waals surface area (Å²) in [6.45, 7) is 6.64. The van der Waals surface area contributed by atoms with E-state index in [9.17, 15) is 4.39 Å². The van der Waals surface area contributed by atoms with Crippen LogP contribution in [0.15, 0.2) is 53.0 Å². The van der Waals surface area contributed by atoms with Crippen molar-refractivity contribution in [1.29, 1.82) is 0 Å². The molecule has 3 rings (SSSR count). The number of aryl methyl sites for hydroxylation is 1. The quantitative estimate of drug-likeness (QED) is 0.778. The molecule has 0 radical (unpaired) electrons. The average molecular weight is 406 g/mol. The van der Waals surface area contributed by atoms with Crippen molar-refractivity contribution >= 4 is 27.3 Å². The Morgan fingerprint density at radius 2 is 1.60 bits per heavy atom. The van der Waals surface area contributed by atoms with E-state index in [0.29, 0.717) is 13.1 Å². The summed E-state index contributed by atoms with van der Waals surface area (Å²) >= 11 is 3.47. The summed E-state index contributed by atoms with van der Waals surface area (Å²) < 4.78 is 15.9. The van der Waals surface area contributed by atoms with Crippen LogP contribution in [0.25, 0.3) is 0 Å². The van der Waals surface area contributed by atoms with Crippen LogP contribution in [0.2, 0.25) is 0 Å². The van der Waals surface area contributed by atoms with Crippen molar-refractivity contribution in [2.75, 3.05) is 44.2 Å². The summed E-state index contributed by atoms with van der Waals surface area (Å²) in [6.07, 6.45) is -0.900. The first-order valence-corrected chi connectivity index (χ1v) is 9.58. The molecule has 0 spiro atoms. The van der Waals surface area contributed by atoms with Crippen LogP contribution < -0.4 is 10.2 Å². The van der Waals surface area contributed by atoms with Gasteiger partial charge >= 0.3 is 0 Å². The van der Waals surface area contributed by atoms with E-state index in [0.717, 1.165) is 42.0 Å². The number of anilines is 2. The molecule has 1 aliphatic rings. The minimum absolute atomic E-state index is 0.356. The Bertz CT molecular complexity index is 608. The second kappa shape index (κ2) is 8.79. The molecule has 1 saturated heterocycles. The van der Waals surface area contributed by atoms with Crippen molar-refractivity contribution in [1.82, 2.24) is 10.2 Å². The smallest absolute Gasteiger partial charge is 0.131 e. The predicted octanol–water partition coefficient (Wildman–Crippen LogP) is 4.14. The topological polar surface area (TPSA) is 18.5 Å². The Morgan fingerprint density at radius 1 is 1.04 bits per heavy atom. The van der Waals surface area contributed by atoms with Crippen LogP contribution in [0.1, 0.15) is 5.56 Å². The van der Waals surface area contributed by atoms with E-state index in [1.165, 1.54) is 5.56 Å². The fourth-order valence-electron chi connectivity index (χ4n) is 3.14. The van der Waals surface area contributed by atoms with Crippen LogP contribution in [0.4, 0.5) is 15.8 Å². The van der Waals surface area contributed by atoms with Crippen molar-refractivity contribution in [3.8, 4) is 0 Å². The van der Waals surface area contributed by atoms with Gasteiger partial charge in [-0.1, -0.05) is 33.6 Å². The summed E-state index contributed by atoms with van der Waals surface area (Å²) in [7, 11) is 0. The second-order valence-corrected chi connectivity index (χ2v) is 7.49. The lowest BCUT2D eigenvalue weighted by Crippen LogP contribution is -2.47. The van der Waals surface area contributed by atoms with E-state index in [4.69, 9.17) is 0 Å². The lowest BCUT2D eigenvalue weighted by atomic mass is 10.1. The van der Waals surface area contributed by atoms with Gasteiger partial charge in [0.15, 0.2) is 0 Å². The maximum absolute atomic E-state index is 14.9. The first-order chi connectivity index (χ1) is 12.1. The minimum atomic E-state index is -0.900. The van der Waals surface area contributed by atoms with Gasteiger partial charge in [0.1, 0.15) is 6.17 Å². The summed E-state index contributed by atoms with van der Waals surface area (Å²) in [5, 5.41) is 3.31. The number of halogens is 2. The Morgan fingerprint density at radius 3 is 2.20 bits per heavy atom. The molecule has 3 nitrogen and oxygen atoms in total. The number of nitrogens with one attached hydrogen (secondary N) is 1. The first-order valence-electron chi connectivity index (χ1n) is 8.79. The van der Waals surface area contributed by atoms with Crippen molar-refractivity contribution in [2.45, 2.75) is 13.1 Å². The van der Waals surface area contributed by atoms with E-state index in [-0.39, 0.29) is 0 Å². The Balaban J connectivity index is 1.75. The third kappa shape index (κ3) is 5.27. The summed E-state index contributed by atoms with van der Waals surface area (Å²) in [4.78, 5) is 4.27. The van der Waals surface area contributed by atoms with Gasteiger partial charge in [-0.25, -0.2) is 4.39 Å². The third-order valence-corrected chi connectivity index (χ3v) is 5.06. The molecule has 1 atom stereocenters. The fraction of sp³-hybridized carbons (Fsp3) is 0.400. The van der Waals surface area contributed by atoms with Crippen LogP contribution in [-0.4, -0.2) is 50.3 Å². The molecule has 0 saturated carbocycles. The van der Waals surface area contributed by atoms with Gasteiger partial charge in [0.25, 0.3) is 0 Å². The molecule has 2 aromatic rings. The monoisotopic (exact) mass is 405 g/mol. The van der Waals surface area contributed by atoms with Gasteiger partial charge in [0.2, 0.25) is 0 Å². The Labute approximate surface area is 158 Å². The number of hydrogen-bond donors (Lipinski definition) is 1. The third-order valence-electron chi connectivity index (χ3n) is 4.53. The zero-order valence-electron chi connectivity index (χ0n) is 14.6. The van der Waals surface area contributed by atoms with Crippen molar-refractivity contribution in [3.63, 3.8) is 0 Å². The SMILES string of the molecule is Cc1ccc(N(CC(F)CN2CCNCC2)c2ccc(Br)cc2)cc1. The minimum Gasteiger partial charge on any atom is -0.338 e. The van der Waals surface area contributed by atoms with E-state index in [1.807, 2.05) is 24.3 Å². The zero-order valence-corrected chi connectivity index (χ0v) is 16.2. The highest BCUT2D eigenvalue weighted by molar-refractivity contribution is 9.10. The van der Waals surface area contributed by atoms with E-state index >= 15 is 0 Å². The molecule has 25 heavy (non-hydrogen) atoms. The first kappa shape index (κ1) is 18.4. The lowest BCUT2D eigenvalue weighted by Gasteiger charge is -2.31. The van der Waals surface area contributed by atoms with Crippen molar-refractivity contribution < 1.29 is 4.39 Å². The highest BCUT2D eigenvalue weighted by atomic mass is 79.9. The predicted molar refractivity (Wildman–Crippen MR) is 107 cm³/mol. The number of alkyl halides is 1. The molecule has 134 valence electrons. The van der Waals surface area contributed by atoms with E-state index < -0.39 is 6.17 Å². The van der Waals surface area contributed by atoms with Gasteiger partial charge in [0, 0.05) is 48.6 Å². The number of benzene rings is 2. The van der Waals surface area contributed by atoms with Gasteiger partial charge < -0.3 is 10.2 Å². The molecule has 1 unspecified atom stereocenters. The average Bonchev–Trinajstić information content (AvgIpc) is 2.62. The van der Waals surface area contributed by atoms with Crippen molar-refractivity contribution in [3.05, 3.63) is 58.6 Å². The van der Waals surface area contributed by atoms with Crippen LogP contribution in [-0.2, 0) is 0 Å². The fourth-order valence-corrected chi connectivity index (χ4v) is 3.40. The largest absolute Gasteiger partial charge is 0.338 e. The maximum Gasteiger partial charge on any atom is 0.131 e. The number of nitrogens with zero attached hydrogens (tertiary/aromatic N) is 2. The molecule has 0 aromatic heterocycles. The number of piperazine rings is 1. The number of rotatable bonds is 6. The molecule has 1 fully saturated rings. The molecule has 1 heterocycles. The van der Waals surface area contributed by atoms with Gasteiger partial charge in [-0.3, -0.25) is 4.90 Å². The zero-order chi connectivity index (χ0) is 17.6. The highest BCUT2D eigenvalue weighted by Crippen LogP contribution is 2.27. The molecule has 5 heteroatoms. The molecule has 0 bridgehead atoms. The van der Waals surface area contributed by atoms with E-state index in [2.05, 4.69) is 62.2 Å². The van der Waals surface area contributed by atoms with Crippen LogP contribution >= 0.6 is 15.9 Å². The summed E-state index contributed by atoms with van der Waals surface area (Å²) in [5.74, 6) is 0. The van der Waals surface area contributed by atoms with Gasteiger partial charge in [-0.2, -0.15) is 0 Å². The molecule has 1 aliphatic heterocycles. The van der Waals surface area contributed by atoms with E-state index in [1.54, 1.807) is 0 Å². The summed E-state index contributed by atoms with van der Waals surface area (Å²) in [6, 6.07) is 16.3. The van der Waals surface area contributed by atoms with Gasteiger partial charge in [-0.05, 0) is 43.3 Å². The second-order valence-electron chi connectivity index (χ2n) is 6.57. The molecular weight excluding hydrogens is 381 g/mol. The Kier molecular flexibility index (Phi) is 6.45. The normalized spacial score (nSPS) is 16.6. The highest BCUT2D eigenvalue weighted by Gasteiger charge is 2.20. The van der Waals surface area contributed by atoms with Crippen LogP contribution in [0.5, 0.6) is 0 Å². The molecule has 1 N–H and O–H groups in total. The molecule has 2 aromatic carbocycles. The number of hydrogen-bond acceptors (Lipinski definition) is 3. The van der Waals surface area contributed by atoms with Gasteiger partial charge in [0.05, 0.1) is 6.54 Å². The van der Waals surface area contributed by atoms with Crippen LogP contribution in [0.3, 0.4) is 0 Å². The van der Waals surface area contributed by atoms with Crippen LogP contribution in [0, 0.1) is 6.92 Å². The standard InChI is InChI=1S/C20H25BrFN3/c1-16-2-6-19(7-3-16)25(20-8-4-17(21)5-9-20)15-18(22)14-24-12-10-23-11-13-24/h2-9,18,23H,10-15H2,1H3. The molecule has 0 amide bonds. The lowest BCUT2D eigenvalue weighted by molar-refractivity contribution is 0.177. The Hall–Kier alpha value is -1.43. The maximum atomic E-state index is 14.9.